The van der Waals surface area contributed by atoms with E-state index in [4.69, 9.17) is 11.6 Å². The Morgan fingerprint density at radius 1 is 1.11 bits per heavy atom. The van der Waals surface area contributed by atoms with Gasteiger partial charge in [0, 0.05) is 12.4 Å². The summed E-state index contributed by atoms with van der Waals surface area (Å²) in [6, 6.07) is 8.84. The summed E-state index contributed by atoms with van der Waals surface area (Å²) >= 11 is 7.12. The minimum atomic E-state index is -0.0713. The predicted molar refractivity (Wildman–Crippen MR) is 72.3 cm³/mol. The molecule has 0 bridgehead atoms. The second-order valence-electron chi connectivity index (χ2n) is 3.66. The fourth-order valence-electron chi connectivity index (χ4n) is 1.74. The second-order valence-corrected chi connectivity index (χ2v) is 5.38. The molecule has 0 aliphatic heterocycles. The van der Waals surface area contributed by atoms with Crippen LogP contribution in [0.4, 0.5) is 0 Å². The fourth-order valence-corrected chi connectivity index (χ4v) is 2.74. The zero-order valence-corrected chi connectivity index (χ0v) is 10.7. The van der Waals surface area contributed by atoms with E-state index < -0.39 is 0 Å². The highest BCUT2D eigenvalue weighted by molar-refractivity contribution is 7.18. The van der Waals surface area contributed by atoms with Gasteiger partial charge in [0.2, 0.25) is 5.78 Å². The summed E-state index contributed by atoms with van der Waals surface area (Å²) in [6.07, 6.45) is 3.19. The average molecular weight is 275 g/mol. The Morgan fingerprint density at radius 2 is 1.94 bits per heavy atom. The van der Waals surface area contributed by atoms with Gasteiger partial charge in [0.25, 0.3) is 0 Å². The summed E-state index contributed by atoms with van der Waals surface area (Å²) in [5.74, 6) is -0.0713. The zero-order valence-electron chi connectivity index (χ0n) is 9.13. The smallest absolute Gasteiger partial charge is 0.205 e. The Morgan fingerprint density at radius 3 is 2.72 bits per heavy atom. The highest BCUT2D eigenvalue weighted by Gasteiger charge is 2.15. The lowest BCUT2D eigenvalue weighted by atomic mass is 10.1. The van der Waals surface area contributed by atoms with Crippen LogP contribution < -0.4 is 0 Å². The van der Waals surface area contributed by atoms with Crippen molar-refractivity contribution in [1.82, 2.24) is 9.97 Å². The van der Waals surface area contributed by atoms with Crippen LogP contribution in [0.25, 0.3) is 11.0 Å². The molecule has 2 heterocycles. The number of nitrogens with zero attached hydrogens (tertiary/aromatic N) is 2. The lowest BCUT2D eigenvalue weighted by molar-refractivity contribution is 0.104. The van der Waals surface area contributed by atoms with Gasteiger partial charge in [0.1, 0.15) is 0 Å². The number of aromatic nitrogens is 2. The van der Waals surface area contributed by atoms with Gasteiger partial charge in [0.15, 0.2) is 0 Å². The number of fused-ring (bicyclic) bond motifs is 1. The van der Waals surface area contributed by atoms with Crippen molar-refractivity contribution in [1.29, 1.82) is 0 Å². The molecule has 3 aromatic rings. The first kappa shape index (κ1) is 11.3. The summed E-state index contributed by atoms with van der Waals surface area (Å²) in [5.41, 5.74) is 1.89. The maximum absolute atomic E-state index is 12.4. The van der Waals surface area contributed by atoms with Crippen molar-refractivity contribution in [2.45, 2.75) is 0 Å². The summed E-state index contributed by atoms with van der Waals surface area (Å²) in [4.78, 5) is 21.4. The first-order chi connectivity index (χ1) is 8.75. The van der Waals surface area contributed by atoms with Crippen LogP contribution in [0.2, 0.25) is 4.34 Å². The number of hydrogen-bond donors (Lipinski definition) is 0. The average Bonchev–Trinajstić information content (AvgIpc) is 2.84. The van der Waals surface area contributed by atoms with Crippen LogP contribution >= 0.6 is 22.9 Å². The van der Waals surface area contributed by atoms with Crippen molar-refractivity contribution < 1.29 is 4.79 Å². The monoisotopic (exact) mass is 274 g/mol. The van der Waals surface area contributed by atoms with Crippen LogP contribution in [0.3, 0.4) is 0 Å². The quantitative estimate of drug-likeness (QED) is 0.671. The Kier molecular flexibility index (Phi) is 2.81. The molecule has 1 aromatic carbocycles. The minimum Gasteiger partial charge on any atom is -0.288 e. The molecule has 0 aliphatic rings. The number of rotatable bonds is 2. The molecule has 18 heavy (non-hydrogen) atoms. The van der Waals surface area contributed by atoms with E-state index in [1.54, 1.807) is 36.7 Å². The SMILES string of the molecule is O=C(c1ccc(Cl)s1)c1cccc2nccnc12. The number of para-hydroxylation sites is 1. The van der Waals surface area contributed by atoms with Crippen LogP contribution in [0.1, 0.15) is 15.2 Å². The minimum absolute atomic E-state index is 0.0713. The van der Waals surface area contributed by atoms with Crippen LogP contribution in [0.5, 0.6) is 0 Å². The summed E-state index contributed by atoms with van der Waals surface area (Å²) in [7, 11) is 0. The van der Waals surface area contributed by atoms with Gasteiger partial charge in [-0.15, -0.1) is 11.3 Å². The third-order valence-electron chi connectivity index (χ3n) is 2.54. The lowest BCUT2D eigenvalue weighted by Crippen LogP contribution is -2.01. The molecule has 0 radical (unpaired) electrons. The molecule has 88 valence electrons. The normalized spacial score (nSPS) is 10.7. The number of ketones is 1. The number of hydrogen-bond acceptors (Lipinski definition) is 4. The Balaban J connectivity index is 2.17. The predicted octanol–water partition coefficient (Wildman–Crippen LogP) is 3.58. The van der Waals surface area contributed by atoms with Gasteiger partial charge >= 0.3 is 0 Å². The molecule has 0 unspecified atom stereocenters. The Hall–Kier alpha value is -1.78. The van der Waals surface area contributed by atoms with Gasteiger partial charge in [-0.2, -0.15) is 0 Å². The van der Waals surface area contributed by atoms with Crippen molar-refractivity contribution >= 4 is 39.8 Å². The van der Waals surface area contributed by atoms with Crippen molar-refractivity contribution in [3.05, 3.63) is 57.5 Å². The van der Waals surface area contributed by atoms with Gasteiger partial charge in [-0.3, -0.25) is 14.8 Å². The van der Waals surface area contributed by atoms with E-state index in [-0.39, 0.29) is 5.78 Å². The molecule has 0 saturated carbocycles. The molecule has 0 aliphatic carbocycles. The molecule has 0 fully saturated rings. The van der Waals surface area contributed by atoms with Crippen molar-refractivity contribution in [2.24, 2.45) is 0 Å². The van der Waals surface area contributed by atoms with Crippen LogP contribution in [-0.2, 0) is 0 Å². The molecule has 0 amide bonds. The molecule has 0 spiro atoms. The number of benzene rings is 1. The maximum Gasteiger partial charge on any atom is 0.205 e. The molecule has 0 saturated heterocycles. The van der Waals surface area contributed by atoms with Crippen molar-refractivity contribution in [3.8, 4) is 0 Å². The topological polar surface area (TPSA) is 42.9 Å². The zero-order chi connectivity index (χ0) is 12.5. The maximum atomic E-state index is 12.4. The van der Waals surface area contributed by atoms with Gasteiger partial charge in [-0.1, -0.05) is 17.7 Å². The first-order valence-corrected chi connectivity index (χ1v) is 6.45. The lowest BCUT2D eigenvalue weighted by Gasteiger charge is -2.02. The number of halogens is 1. The van der Waals surface area contributed by atoms with E-state index in [9.17, 15) is 4.79 Å². The molecular weight excluding hydrogens is 268 g/mol. The molecule has 0 N–H and O–H groups in total. The van der Waals surface area contributed by atoms with E-state index >= 15 is 0 Å². The van der Waals surface area contributed by atoms with E-state index in [1.807, 2.05) is 6.07 Å². The van der Waals surface area contributed by atoms with Gasteiger partial charge in [-0.05, 0) is 24.3 Å². The molecule has 2 aromatic heterocycles. The van der Waals surface area contributed by atoms with Gasteiger partial charge in [0.05, 0.1) is 25.8 Å². The van der Waals surface area contributed by atoms with Crippen LogP contribution in [0.15, 0.2) is 42.7 Å². The highest BCUT2D eigenvalue weighted by Crippen LogP contribution is 2.25. The van der Waals surface area contributed by atoms with Crippen LogP contribution in [-0.4, -0.2) is 15.8 Å². The first-order valence-electron chi connectivity index (χ1n) is 5.25. The Labute approximate surface area is 112 Å². The third-order valence-corrected chi connectivity index (χ3v) is 3.77. The van der Waals surface area contributed by atoms with Gasteiger partial charge < -0.3 is 0 Å². The van der Waals surface area contributed by atoms with Gasteiger partial charge in [-0.25, -0.2) is 0 Å². The van der Waals surface area contributed by atoms with E-state index in [1.165, 1.54) is 11.3 Å². The van der Waals surface area contributed by atoms with Crippen molar-refractivity contribution in [2.75, 3.05) is 0 Å². The molecule has 3 nitrogen and oxygen atoms in total. The summed E-state index contributed by atoms with van der Waals surface area (Å²) in [5, 5.41) is 0. The standard InChI is InChI=1S/C13H7ClN2OS/c14-11-5-4-10(18-11)13(17)8-2-1-3-9-12(8)16-7-6-15-9/h1-7H. The summed E-state index contributed by atoms with van der Waals surface area (Å²) in [6.45, 7) is 0. The largest absolute Gasteiger partial charge is 0.288 e. The molecule has 5 heteroatoms. The third kappa shape index (κ3) is 1.89. The molecular formula is C13H7ClN2OS. The van der Waals surface area contributed by atoms with E-state index in [2.05, 4.69) is 9.97 Å². The Bertz CT molecular complexity index is 733. The molecule has 0 atom stereocenters. The fraction of sp³-hybridized carbons (Fsp3) is 0. The number of carbonyl (C=O) groups is 1. The summed E-state index contributed by atoms with van der Waals surface area (Å²) < 4.78 is 0.602. The highest BCUT2D eigenvalue weighted by atomic mass is 35.5. The molecule has 3 rings (SSSR count). The number of thiophene rings is 1. The van der Waals surface area contributed by atoms with E-state index in [0.29, 0.717) is 25.8 Å². The van der Waals surface area contributed by atoms with Crippen LogP contribution in [0, 0.1) is 0 Å². The van der Waals surface area contributed by atoms with E-state index in [0.717, 1.165) is 0 Å². The second kappa shape index (κ2) is 4.48. The number of carbonyl (C=O) groups excluding carboxylic acids is 1. The van der Waals surface area contributed by atoms with Crippen molar-refractivity contribution in [3.63, 3.8) is 0 Å².